The summed E-state index contributed by atoms with van der Waals surface area (Å²) in [5, 5.41) is 0. The molecular formula is C30H31BF3N2O5S. The molecule has 1 saturated heterocycles. The van der Waals surface area contributed by atoms with Crippen LogP contribution >= 0.6 is 0 Å². The molecule has 2 atom stereocenters. The van der Waals surface area contributed by atoms with Crippen LogP contribution in [0.3, 0.4) is 0 Å². The zero-order chi connectivity index (χ0) is 30.3. The van der Waals surface area contributed by atoms with Crippen LogP contribution in [0.25, 0.3) is 0 Å². The molecule has 0 bridgehead atoms. The van der Waals surface area contributed by atoms with Gasteiger partial charge in [-0.1, -0.05) is 59.5 Å². The highest BCUT2D eigenvalue weighted by Crippen LogP contribution is 2.38. The first-order valence-corrected chi connectivity index (χ1v) is 15.1. The summed E-state index contributed by atoms with van der Waals surface area (Å²) in [5.74, 6) is -0.808. The van der Waals surface area contributed by atoms with Gasteiger partial charge in [-0.3, -0.25) is 0 Å². The lowest BCUT2D eigenvalue weighted by Gasteiger charge is -2.43. The van der Waals surface area contributed by atoms with E-state index in [0.29, 0.717) is 13.0 Å². The van der Waals surface area contributed by atoms with Crippen LogP contribution in [0.1, 0.15) is 44.2 Å². The number of fused-ring (bicyclic) bond motifs is 2. The normalized spacial score (nSPS) is 19.3. The van der Waals surface area contributed by atoms with Gasteiger partial charge >= 0.3 is 12.5 Å². The molecule has 1 unspecified atom stereocenters. The zero-order valence-electron chi connectivity index (χ0n) is 23.4. The molecule has 12 heteroatoms. The van der Waals surface area contributed by atoms with Crippen LogP contribution in [0.15, 0.2) is 77.7 Å². The number of likely N-dealkylation sites (tertiary alicyclic amines) is 1. The third-order valence-electron chi connectivity index (χ3n) is 7.27. The average molecular weight is 599 g/mol. The number of nitrogens with one attached hydrogen (secondary N) is 1. The molecular weight excluding hydrogens is 568 g/mol. The molecule has 0 spiro atoms. The molecule has 0 aliphatic carbocycles. The van der Waals surface area contributed by atoms with Gasteiger partial charge in [0.25, 0.3) is 0 Å². The summed E-state index contributed by atoms with van der Waals surface area (Å²) in [6.07, 6.45) is -5.02. The van der Waals surface area contributed by atoms with Crippen molar-refractivity contribution in [1.29, 1.82) is 0 Å². The average Bonchev–Trinajstić information content (AvgIpc) is 2.89. The fraction of sp³-hybridized carbons (Fsp3) is 0.367. The predicted molar refractivity (Wildman–Crippen MR) is 153 cm³/mol. The molecule has 3 aromatic carbocycles. The van der Waals surface area contributed by atoms with E-state index in [4.69, 9.17) is 4.74 Å². The summed E-state index contributed by atoms with van der Waals surface area (Å²) in [5.41, 5.74) is 3.56. The van der Waals surface area contributed by atoms with Crippen LogP contribution in [0.4, 0.5) is 18.0 Å². The van der Waals surface area contributed by atoms with Crippen LogP contribution in [0.2, 0.25) is 0 Å². The number of carbonyl (C=O) groups is 1. The smallest absolute Gasteiger partial charge is 0.444 e. The lowest BCUT2D eigenvalue weighted by Crippen LogP contribution is -2.55. The Morgan fingerprint density at radius 3 is 2.02 bits per heavy atom. The molecule has 3 aromatic rings. The van der Waals surface area contributed by atoms with Crippen LogP contribution < -0.4 is 20.4 Å². The van der Waals surface area contributed by atoms with Crippen molar-refractivity contribution in [2.75, 3.05) is 13.1 Å². The van der Waals surface area contributed by atoms with Gasteiger partial charge in [-0.2, -0.15) is 0 Å². The highest BCUT2D eigenvalue weighted by Gasteiger charge is 2.41. The number of piperidine rings is 1. The highest BCUT2D eigenvalue weighted by molar-refractivity contribution is 7.89. The number of halogens is 3. The Balaban J connectivity index is 1.46. The molecule has 7 nitrogen and oxygen atoms in total. The first kappa shape index (κ1) is 30.0. The molecule has 0 saturated carbocycles. The van der Waals surface area contributed by atoms with Crippen molar-refractivity contribution in [3.63, 3.8) is 0 Å². The first-order chi connectivity index (χ1) is 19.7. The molecule has 2 aliphatic rings. The third kappa shape index (κ3) is 6.92. The number of amides is 1. The second-order valence-corrected chi connectivity index (χ2v) is 13.3. The topological polar surface area (TPSA) is 84.9 Å². The van der Waals surface area contributed by atoms with Crippen molar-refractivity contribution < 1.29 is 35.9 Å². The van der Waals surface area contributed by atoms with Gasteiger partial charge in [0.15, 0.2) is 7.28 Å². The van der Waals surface area contributed by atoms with E-state index in [1.807, 2.05) is 36.4 Å². The number of rotatable bonds is 5. The number of benzene rings is 3. The Hall–Kier alpha value is -3.51. The van der Waals surface area contributed by atoms with Crippen LogP contribution in [0.5, 0.6) is 5.75 Å². The Morgan fingerprint density at radius 1 is 0.905 bits per heavy atom. The summed E-state index contributed by atoms with van der Waals surface area (Å²) >= 11 is 0. The summed E-state index contributed by atoms with van der Waals surface area (Å²) in [7, 11) is -2.02. The largest absolute Gasteiger partial charge is 0.573 e. The van der Waals surface area contributed by atoms with Crippen LogP contribution in [-0.2, 0) is 14.8 Å². The van der Waals surface area contributed by atoms with E-state index in [-0.39, 0.29) is 23.3 Å². The van der Waals surface area contributed by atoms with Crippen molar-refractivity contribution in [2.45, 2.75) is 56.0 Å². The molecule has 1 amide bonds. The molecule has 2 aliphatic heterocycles. The van der Waals surface area contributed by atoms with Gasteiger partial charge in [0.05, 0.1) is 4.90 Å². The molecule has 0 aromatic heterocycles. The van der Waals surface area contributed by atoms with Gasteiger partial charge in [-0.25, -0.2) is 17.9 Å². The molecule has 5 rings (SSSR count). The quantitative estimate of drug-likeness (QED) is 0.443. The van der Waals surface area contributed by atoms with Crippen molar-refractivity contribution in [3.05, 3.63) is 83.9 Å². The minimum atomic E-state index is -4.89. The Bertz CT molecular complexity index is 1510. The Labute approximate surface area is 244 Å². The maximum Gasteiger partial charge on any atom is 0.573 e. The van der Waals surface area contributed by atoms with Crippen molar-refractivity contribution in [1.82, 2.24) is 9.62 Å². The molecule has 42 heavy (non-hydrogen) atoms. The molecule has 1 radical (unpaired) electrons. The minimum Gasteiger partial charge on any atom is -0.444 e. The lowest BCUT2D eigenvalue weighted by molar-refractivity contribution is -0.274. The number of sulfonamides is 1. The monoisotopic (exact) mass is 599 g/mol. The summed E-state index contributed by atoms with van der Waals surface area (Å²) in [6, 6.07) is 19.4. The number of ether oxygens (including phenoxy) is 2. The highest BCUT2D eigenvalue weighted by atomic mass is 32.2. The second-order valence-electron chi connectivity index (χ2n) is 11.6. The number of hydrogen-bond acceptors (Lipinski definition) is 5. The van der Waals surface area contributed by atoms with E-state index >= 15 is 0 Å². The van der Waals surface area contributed by atoms with E-state index in [2.05, 4.69) is 28.9 Å². The third-order valence-corrected chi connectivity index (χ3v) is 8.81. The fourth-order valence-corrected chi connectivity index (χ4v) is 6.98. The second kappa shape index (κ2) is 11.3. The lowest BCUT2D eigenvalue weighted by atomic mass is 9.52. The standard InChI is InChI=1S/C30H31BF3N2O5S/c1-29(2,3)41-28(37)36-17-19(27-23-8-4-6-10-25(23)31-26-11-7-5-9-24(26)27)16-20(18-36)35-42(38,39)22-14-12-21(13-15-22)40-30(32,33)34/h4-15,19-20,27,35H,16-18H2,1-3H3/t19?,20-/m0/s1. The predicted octanol–water partition coefficient (Wildman–Crippen LogP) is 4.29. The fourth-order valence-electron chi connectivity index (χ4n) is 5.74. The van der Waals surface area contributed by atoms with Crippen molar-refractivity contribution in [3.8, 4) is 5.75 Å². The maximum atomic E-state index is 13.4. The van der Waals surface area contributed by atoms with Gasteiger partial charge in [0.1, 0.15) is 11.4 Å². The van der Waals surface area contributed by atoms with E-state index < -0.39 is 39.9 Å². The SMILES string of the molecule is CC(C)(C)OC(=O)N1CC(C2c3ccccc3[B]c3ccccc32)C[C@H](NS(=O)(=O)c2ccc(OC(F)(F)F)cc2)C1. The van der Waals surface area contributed by atoms with E-state index in [1.165, 1.54) is 4.90 Å². The summed E-state index contributed by atoms with van der Waals surface area (Å²) in [4.78, 5) is 14.6. The van der Waals surface area contributed by atoms with Crippen molar-refractivity contribution in [2.24, 2.45) is 5.92 Å². The molecule has 2 heterocycles. The van der Waals surface area contributed by atoms with Crippen molar-refractivity contribution >= 4 is 34.3 Å². The first-order valence-electron chi connectivity index (χ1n) is 13.6. The number of carbonyl (C=O) groups excluding carboxylic acids is 1. The van der Waals surface area contributed by atoms with E-state index in [9.17, 15) is 26.4 Å². The van der Waals surface area contributed by atoms with Gasteiger partial charge in [0, 0.05) is 25.0 Å². The molecule has 1 fully saturated rings. The van der Waals surface area contributed by atoms with Crippen LogP contribution in [0, 0.1) is 5.92 Å². The number of hydrogen-bond donors (Lipinski definition) is 1. The maximum absolute atomic E-state index is 13.4. The van der Waals surface area contributed by atoms with E-state index in [1.54, 1.807) is 20.8 Å². The number of nitrogens with zero attached hydrogens (tertiary/aromatic N) is 1. The van der Waals surface area contributed by atoms with Gasteiger partial charge in [0.2, 0.25) is 10.0 Å². The zero-order valence-corrected chi connectivity index (χ0v) is 24.2. The van der Waals surface area contributed by atoms with Gasteiger partial charge < -0.3 is 14.4 Å². The van der Waals surface area contributed by atoms with Gasteiger partial charge in [-0.15, -0.1) is 13.2 Å². The Morgan fingerprint density at radius 2 is 1.48 bits per heavy atom. The molecule has 221 valence electrons. The van der Waals surface area contributed by atoms with Crippen LogP contribution in [-0.4, -0.2) is 57.8 Å². The summed E-state index contributed by atoms with van der Waals surface area (Å²) in [6.45, 7) is 5.72. The van der Waals surface area contributed by atoms with Gasteiger partial charge in [-0.05, 0) is 68.5 Å². The number of alkyl halides is 3. The van der Waals surface area contributed by atoms with E-state index in [0.717, 1.165) is 46.3 Å². The summed E-state index contributed by atoms with van der Waals surface area (Å²) < 4.78 is 76.7. The molecule has 1 N–H and O–H groups in total. The Kier molecular flexibility index (Phi) is 8.06. The minimum absolute atomic E-state index is 0.0715.